The van der Waals surface area contributed by atoms with Crippen LogP contribution in [0, 0.1) is 11.3 Å². The fraction of sp³-hybridized carbons (Fsp3) is 0.833. The van der Waals surface area contributed by atoms with Gasteiger partial charge in [0.05, 0.1) is 5.54 Å². The molecule has 0 aromatic carbocycles. The van der Waals surface area contributed by atoms with Crippen LogP contribution in [0.1, 0.15) is 51.9 Å². The Hall–Kier alpha value is -1.06. The van der Waals surface area contributed by atoms with E-state index in [-0.39, 0.29) is 11.6 Å². The molecule has 2 fully saturated rings. The summed E-state index contributed by atoms with van der Waals surface area (Å²) in [7, 11) is 0. The lowest BCUT2D eigenvalue weighted by Crippen LogP contribution is -2.45. The largest absolute Gasteiger partial charge is 0.325 e. The van der Waals surface area contributed by atoms with E-state index >= 15 is 0 Å². The Labute approximate surface area is 96.7 Å². The SMILES string of the molecule is CCCC1CCCC2(CC1)NC(=O)NC2=N. The van der Waals surface area contributed by atoms with Gasteiger partial charge < -0.3 is 5.32 Å². The van der Waals surface area contributed by atoms with Crippen LogP contribution in [0.3, 0.4) is 0 Å². The van der Waals surface area contributed by atoms with E-state index in [2.05, 4.69) is 17.6 Å². The maximum atomic E-state index is 11.3. The molecule has 2 rings (SSSR count). The van der Waals surface area contributed by atoms with Gasteiger partial charge in [-0.05, 0) is 25.2 Å². The van der Waals surface area contributed by atoms with Gasteiger partial charge in [0.15, 0.2) is 0 Å². The highest BCUT2D eigenvalue weighted by Gasteiger charge is 2.43. The number of carbonyl (C=O) groups excluding carboxylic acids is 1. The van der Waals surface area contributed by atoms with Crippen molar-refractivity contribution in [1.82, 2.24) is 10.6 Å². The molecule has 2 amide bonds. The van der Waals surface area contributed by atoms with Crippen LogP contribution in [0.15, 0.2) is 0 Å². The van der Waals surface area contributed by atoms with Gasteiger partial charge in [-0.3, -0.25) is 10.7 Å². The van der Waals surface area contributed by atoms with Crippen molar-refractivity contribution in [3.05, 3.63) is 0 Å². The van der Waals surface area contributed by atoms with Crippen LogP contribution in [-0.2, 0) is 0 Å². The zero-order valence-corrected chi connectivity index (χ0v) is 9.94. The number of amidine groups is 1. The van der Waals surface area contributed by atoms with Crippen LogP contribution in [0.4, 0.5) is 4.79 Å². The first-order chi connectivity index (χ1) is 7.66. The molecule has 2 unspecified atom stereocenters. The molecule has 0 radical (unpaired) electrons. The van der Waals surface area contributed by atoms with Gasteiger partial charge >= 0.3 is 6.03 Å². The van der Waals surface area contributed by atoms with Crippen molar-refractivity contribution in [3.63, 3.8) is 0 Å². The predicted molar refractivity (Wildman–Crippen MR) is 63.6 cm³/mol. The molecular weight excluding hydrogens is 202 g/mol. The van der Waals surface area contributed by atoms with E-state index in [0.717, 1.165) is 31.6 Å². The Morgan fingerprint density at radius 2 is 2.25 bits per heavy atom. The molecule has 0 bridgehead atoms. The molecule has 4 heteroatoms. The minimum Gasteiger partial charge on any atom is -0.325 e. The first kappa shape index (κ1) is 11.4. The van der Waals surface area contributed by atoms with E-state index in [1.807, 2.05) is 0 Å². The van der Waals surface area contributed by atoms with Gasteiger partial charge in [-0.15, -0.1) is 0 Å². The standard InChI is InChI=1S/C12H21N3O/c1-2-4-9-5-3-7-12(8-6-9)10(13)14-11(16)15-12/h9H,2-8H2,1H3,(H3,13,14,15,16). The molecule has 1 heterocycles. The number of hydrogen-bond acceptors (Lipinski definition) is 2. The summed E-state index contributed by atoms with van der Waals surface area (Å²) in [6.45, 7) is 2.22. The zero-order valence-electron chi connectivity index (χ0n) is 9.94. The van der Waals surface area contributed by atoms with Gasteiger partial charge in [0.1, 0.15) is 5.84 Å². The molecular formula is C12H21N3O. The van der Waals surface area contributed by atoms with Crippen molar-refractivity contribution >= 4 is 11.9 Å². The third-order valence-corrected chi connectivity index (χ3v) is 3.96. The van der Waals surface area contributed by atoms with Gasteiger partial charge in [0.25, 0.3) is 0 Å². The van der Waals surface area contributed by atoms with Crippen LogP contribution in [0.2, 0.25) is 0 Å². The highest BCUT2D eigenvalue weighted by molar-refractivity contribution is 6.08. The van der Waals surface area contributed by atoms with Crippen LogP contribution < -0.4 is 10.6 Å². The first-order valence-corrected chi connectivity index (χ1v) is 6.34. The summed E-state index contributed by atoms with van der Waals surface area (Å²) in [6, 6.07) is -0.195. The third kappa shape index (κ3) is 2.06. The fourth-order valence-corrected chi connectivity index (χ4v) is 3.03. The summed E-state index contributed by atoms with van der Waals surface area (Å²) in [5, 5.41) is 13.4. The van der Waals surface area contributed by atoms with Crippen molar-refractivity contribution < 1.29 is 4.79 Å². The molecule has 90 valence electrons. The maximum absolute atomic E-state index is 11.3. The summed E-state index contributed by atoms with van der Waals surface area (Å²) in [4.78, 5) is 11.3. The van der Waals surface area contributed by atoms with Gasteiger partial charge in [-0.25, -0.2) is 4.79 Å². The summed E-state index contributed by atoms with van der Waals surface area (Å²) < 4.78 is 0. The Balaban J connectivity index is 2.02. The summed E-state index contributed by atoms with van der Waals surface area (Å²) >= 11 is 0. The average molecular weight is 223 g/mol. The minimum atomic E-state index is -0.362. The molecule has 1 saturated heterocycles. The van der Waals surface area contributed by atoms with Crippen LogP contribution in [0.25, 0.3) is 0 Å². The second-order valence-corrected chi connectivity index (χ2v) is 5.12. The normalized spacial score (nSPS) is 34.7. The van der Waals surface area contributed by atoms with Crippen molar-refractivity contribution in [2.45, 2.75) is 57.4 Å². The predicted octanol–water partition coefficient (Wildman–Crippen LogP) is 2.40. The molecule has 1 saturated carbocycles. The van der Waals surface area contributed by atoms with E-state index in [1.54, 1.807) is 0 Å². The molecule has 1 aliphatic heterocycles. The van der Waals surface area contributed by atoms with E-state index in [4.69, 9.17) is 5.41 Å². The molecule has 16 heavy (non-hydrogen) atoms. The zero-order chi connectivity index (χ0) is 11.6. The van der Waals surface area contributed by atoms with Crippen molar-refractivity contribution in [1.29, 1.82) is 5.41 Å². The Bertz CT molecular complexity index is 303. The van der Waals surface area contributed by atoms with Crippen LogP contribution in [-0.4, -0.2) is 17.4 Å². The lowest BCUT2D eigenvalue weighted by Gasteiger charge is -2.26. The van der Waals surface area contributed by atoms with Crippen LogP contribution in [0.5, 0.6) is 0 Å². The summed E-state index contributed by atoms with van der Waals surface area (Å²) in [5.41, 5.74) is -0.362. The number of carbonyl (C=O) groups is 1. The quantitative estimate of drug-likeness (QED) is 0.661. The lowest BCUT2D eigenvalue weighted by atomic mass is 9.89. The van der Waals surface area contributed by atoms with E-state index in [9.17, 15) is 4.79 Å². The number of rotatable bonds is 2. The van der Waals surface area contributed by atoms with Gasteiger partial charge in [0.2, 0.25) is 0 Å². The first-order valence-electron chi connectivity index (χ1n) is 6.34. The second kappa shape index (κ2) is 4.44. The third-order valence-electron chi connectivity index (χ3n) is 3.96. The van der Waals surface area contributed by atoms with Gasteiger partial charge in [-0.2, -0.15) is 0 Å². The highest BCUT2D eigenvalue weighted by Crippen LogP contribution is 2.34. The molecule has 1 aliphatic carbocycles. The fourth-order valence-electron chi connectivity index (χ4n) is 3.03. The number of hydrogen-bond donors (Lipinski definition) is 3. The second-order valence-electron chi connectivity index (χ2n) is 5.12. The molecule has 0 aromatic heterocycles. The van der Waals surface area contributed by atoms with Crippen LogP contribution >= 0.6 is 0 Å². The number of urea groups is 1. The maximum Gasteiger partial charge on any atom is 0.321 e. The Kier molecular flexibility index (Phi) is 3.17. The monoisotopic (exact) mass is 223 g/mol. The van der Waals surface area contributed by atoms with E-state index in [1.165, 1.54) is 19.3 Å². The molecule has 2 atom stereocenters. The van der Waals surface area contributed by atoms with E-state index < -0.39 is 0 Å². The summed E-state index contributed by atoms with van der Waals surface area (Å²) in [5.74, 6) is 1.17. The molecule has 3 N–H and O–H groups in total. The number of nitrogens with one attached hydrogen (secondary N) is 3. The van der Waals surface area contributed by atoms with E-state index in [0.29, 0.717) is 5.84 Å². The topological polar surface area (TPSA) is 65.0 Å². The Morgan fingerprint density at radius 3 is 2.88 bits per heavy atom. The summed E-state index contributed by atoms with van der Waals surface area (Å²) in [6.07, 6.45) is 7.87. The average Bonchev–Trinajstić information content (AvgIpc) is 2.41. The molecule has 1 spiro atoms. The smallest absolute Gasteiger partial charge is 0.321 e. The lowest BCUT2D eigenvalue weighted by molar-refractivity contribution is 0.242. The van der Waals surface area contributed by atoms with Gasteiger partial charge in [0, 0.05) is 0 Å². The van der Waals surface area contributed by atoms with Gasteiger partial charge in [-0.1, -0.05) is 32.6 Å². The Morgan fingerprint density at radius 1 is 1.44 bits per heavy atom. The molecule has 2 aliphatic rings. The highest BCUT2D eigenvalue weighted by atomic mass is 16.2. The van der Waals surface area contributed by atoms with Crippen molar-refractivity contribution in [2.75, 3.05) is 0 Å². The molecule has 4 nitrogen and oxygen atoms in total. The minimum absolute atomic E-state index is 0.195. The van der Waals surface area contributed by atoms with Crippen molar-refractivity contribution in [3.8, 4) is 0 Å². The molecule has 0 aromatic rings. The van der Waals surface area contributed by atoms with Crippen molar-refractivity contribution in [2.24, 2.45) is 5.92 Å². The number of amides is 2.